The highest BCUT2D eigenvalue weighted by Crippen LogP contribution is 2.12. The smallest absolute Gasteiger partial charge is 0.328 e. The highest BCUT2D eigenvalue weighted by atomic mass is 16.5. The van der Waals surface area contributed by atoms with Crippen molar-refractivity contribution in [2.24, 2.45) is 0 Å². The molecule has 1 unspecified atom stereocenters. The van der Waals surface area contributed by atoms with Gasteiger partial charge in [-0.1, -0.05) is 18.2 Å². The number of rotatable bonds is 5. The molecule has 0 heterocycles. The van der Waals surface area contributed by atoms with Crippen LogP contribution in [0.2, 0.25) is 0 Å². The Hall–Kier alpha value is -2.08. The second kappa shape index (κ2) is 6.61. The van der Waals surface area contributed by atoms with Gasteiger partial charge in [-0.2, -0.15) is 0 Å². The van der Waals surface area contributed by atoms with Crippen LogP contribution in [-0.2, 0) is 9.53 Å². The van der Waals surface area contributed by atoms with Crippen molar-refractivity contribution < 1.29 is 19.4 Å². The summed E-state index contributed by atoms with van der Waals surface area (Å²) in [6, 6.07) is 5.57. The summed E-state index contributed by atoms with van der Waals surface area (Å²) in [6.45, 7) is 1.76. The van der Waals surface area contributed by atoms with Gasteiger partial charge >= 0.3 is 12.0 Å². The van der Waals surface area contributed by atoms with Gasteiger partial charge in [0.15, 0.2) is 6.04 Å². The van der Waals surface area contributed by atoms with Crippen molar-refractivity contribution in [3.63, 3.8) is 0 Å². The van der Waals surface area contributed by atoms with E-state index in [1.165, 1.54) is 7.11 Å². The number of anilines is 1. The number of carbonyl (C=O) groups excluding carboxylic acids is 1. The van der Waals surface area contributed by atoms with E-state index >= 15 is 0 Å². The van der Waals surface area contributed by atoms with Crippen molar-refractivity contribution in [3.8, 4) is 0 Å². The second-order valence-electron chi connectivity index (χ2n) is 3.76. The van der Waals surface area contributed by atoms with Crippen LogP contribution in [0.25, 0.3) is 0 Å². The topological polar surface area (TPSA) is 87.7 Å². The molecule has 0 radical (unpaired) electrons. The maximum Gasteiger partial charge on any atom is 0.328 e. The fraction of sp³-hybridized carbons (Fsp3) is 0.333. The van der Waals surface area contributed by atoms with Crippen LogP contribution in [0.4, 0.5) is 10.5 Å². The molecule has 1 rings (SSSR count). The van der Waals surface area contributed by atoms with Gasteiger partial charge in [0, 0.05) is 12.8 Å². The minimum absolute atomic E-state index is 0.0868. The molecular weight excluding hydrogens is 236 g/mol. The third kappa shape index (κ3) is 4.06. The van der Waals surface area contributed by atoms with Crippen LogP contribution in [0.5, 0.6) is 0 Å². The molecule has 0 aliphatic rings. The lowest BCUT2D eigenvalue weighted by Gasteiger charge is -2.15. The lowest BCUT2D eigenvalue weighted by Crippen LogP contribution is -2.45. The molecule has 1 aromatic carbocycles. The zero-order chi connectivity index (χ0) is 13.5. The Morgan fingerprint density at radius 2 is 2.06 bits per heavy atom. The zero-order valence-electron chi connectivity index (χ0n) is 10.3. The van der Waals surface area contributed by atoms with Gasteiger partial charge < -0.3 is 20.5 Å². The minimum atomic E-state index is -1.14. The fourth-order valence-corrected chi connectivity index (χ4v) is 1.37. The number of carboxylic acids is 1. The quantitative estimate of drug-likeness (QED) is 0.735. The molecule has 18 heavy (non-hydrogen) atoms. The van der Waals surface area contributed by atoms with Crippen molar-refractivity contribution in [2.75, 3.05) is 19.0 Å². The number of hydrogen-bond donors (Lipinski definition) is 3. The van der Waals surface area contributed by atoms with E-state index in [4.69, 9.17) is 9.84 Å². The van der Waals surface area contributed by atoms with E-state index in [0.29, 0.717) is 5.69 Å². The highest BCUT2D eigenvalue weighted by molar-refractivity contribution is 5.92. The van der Waals surface area contributed by atoms with Crippen LogP contribution in [0.3, 0.4) is 0 Å². The number of aliphatic carboxylic acids is 1. The van der Waals surface area contributed by atoms with Crippen molar-refractivity contribution in [1.82, 2.24) is 5.32 Å². The van der Waals surface area contributed by atoms with Gasteiger partial charge in [0.05, 0.1) is 6.61 Å². The first-order valence-electron chi connectivity index (χ1n) is 5.39. The first-order valence-corrected chi connectivity index (χ1v) is 5.39. The summed E-state index contributed by atoms with van der Waals surface area (Å²) >= 11 is 0. The normalized spacial score (nSPS) is 11.7. The van der Waals surface area contributed by atoms with Crippen LogP contribution in [-0.4, -0.2) is 36.9 Å². The molecule has 0 bridgehead atoms. The molecule has 0 saturated carbocycles. The molecule has 6 heteroatoms. The van der Waals surface area contributed by atoms with Gasteiger partial charge in [-0.25, -0.2) is 9.59 Å². The Balaban J connectivity index is 2.61. The van der Waals surface area contributed by atoms with E-state index in [1.54, 1.807) is 12.1 Å². The monoisotopic (exact) mass is 252 g/mol. The first kappa shape index (κ1) is 14.0. The van der Waals surface area contributed by atoms with Crippen LogP contribution in [0.1, 0.15) is 5.56 Å². The van der Waals surface area contributed by atoms with Crippen LogP contribution in [0, 0.1) is 6.92 Å². The van der Waals surface area contributed by atoms with Crippen molar-refractivity contribution in [2.45, 2.75) is 13.0 Å². The minimum Gasteiger partial charge on any atom is -0.480 e. The Morgan fingerprint density at radius 3 is 2.61 bits per heavy atom. The van der Waals surface area contributed by atoms with Gasteiger partial charge in [-0.15, -0.1) is 0 Å². The van der Waals surface area contributed by atoms with E-state index in [1.807, 2.05) is 19.1 Å². The molecule has 0 aliphatic heterocycles. The van der Waals surface area contributed by atoms with E-state index in [-0.39, 0.29) is 6.61 Å². The fourth-order valence-electron chi connectivity index (χ4n) is 1.37. The first-order chi connectivity index (χ1) is 8.54. The average Bonchev–Trinajstić information content (AvgIpc) is 2.31. The molecule has 0 aromatic heterocycles. The summed E-state index contributed by atoms with van der Waals surface area (Å²) in [4.78, 5) is 22.4. The van der Waals surface area contributed by atoms with Crippen LogP contribution in [0.15, 0.2) is 24.3 Å². The Morgan fingerprint density at radius 1 is 1.39 bits per heavy atom. The van der Waals surface area contributed by atoms with Crippen molar-refractivity contribution in [3.05, 3.63) is 29.8 Å². The Bertz CT molecular complexity index is 434. The number of benzene rings is 1. The number of carbonyl (C=O) groups is 2. The number of urea groups is 1. The van der Waals surface area contributed by atoms with E-state index in [2.05, 4.69) is 10.6 Å². The standard InChI is InChI=1S/C12H16N2O4/c1-8-5-3-4-6-9(8)13-12(17)14-10(7-18-2)11(15)16/h3-6,10H,7H2,1-2H3,(H,15,16)(H2,13,14,17). The highest BCUT2D eigenvalue weighted by Gasteiger charge is 2.19. The zero-order valence-corrected chi connectivity index (χ0v) is 10.3. The number of aryl methyl sites for hydroxylation is 1. The van der Waals surface area contributed by atoms with E-state index in [9.17, 15) is 9.59 Å². The van der Waals surface area contributed by atoms with Crippen molar-refractivity contribution >= 4 is 17.7 Å². The number of para-hydroxylation sites is 1. The largest absolute Gasteiger partial charge is 0.480 e. The van der Waals surface area contributed by atoms with Gasteiger partial charge in [0.25, 0.3) is 0 Å². The number of carboxylic acid groups (broad SMARTS) is 1. The summed E-state index contributed by atoms with van der Waals surface area (Å²) in [6.07, 6.45) is 0. The lowest BCUT2D eigenvalue weighted by molar-refractivity contribution is -0.140. The Kier molecular flexibility index (Phi) is 5.13. The third-order valence-corrected chi connectivity index (χ3v) is 2.33. The van der Waals surface area contributed by atoms with Crippen molar-refractivity contribution in [1.29, 1.82) is 0 Å². The molecular formula is C12H16N2O4. The number of amides is 2. The summed E-state index contributed by atoms with van der Waals surface area (Å²) in [5.74, 6) is -1.14. The van der Waals surface area contributed by atoms with Crippen LogP contribution >= 0.6 is 0 Å². The summed E-state index contributed by atoms with van der Waals surface area (Å²) in [5.41, 5.74) is 1.53. The summed E-state index contributed by atoms with van der Waals surface area (Å²) < 4.78 is 4.72. The molecule has 0 aliphatic carbocycles. The molecule has 2 amide bonds. The predicted molar refractivity (Wildman–Crippen MR) is 66.6 cm³/mol. The summed E-state index contributed by atoms with van der Waals surface area (Å²) in [7, 11) is 1.37. The molecule has 1 atom stereocenters. The van der Waals surface area contributed by atoms with E-state index < -0.39 is 18.0 Å². The molecule has 0 saturated heterocycles. The molecule has 0 spiro atoms. The number of nitrogens with one attached hydrogen (secondary N) is 2. The maximum atomic E-state index is 11.6. The third-order valence-electron chi connectivity index (χ3n) is 2.33. The molecule has 1 aromatic rings. The van der Waals surface area contributed by atoms with Gasteiger partial charge in [0.2, 0.25) is 0 Å². The predicted octanol–water partition coefficient (Wildman–Crippen LogP) is 1.22. The van der Waals surface area contributed by atoms with Gasteiger partial charge in [-0.3, -0.25) is 0 Å². The SMILES string of the molecule is COCC(NC(=O)Nc1ccccc1C)C(=O)O. The molecule has 98 valence electrons. The number of ether oxygens (including phenoxy) is 1. The number of hydrogen-bond acceptors (Lipinski definition) is 3. The second-order valence-corrected chi connectivity index (χ2v) is 3.76. The molecule has 0 fully saturated rings. The summed E-state index contributed by atoms with van der Waals surface area (Å²) in [5, 5.41) is 13.8. The molecule has 6 nitrogen and oxygen atoms in total. The van der Waals surface area contributed by atoms with E-state index in [0.717, 1.165) is 5.56 Å². The molecule has 3 N–H and O–H groups in total. The van der Waals surface area contributed by atoms with Crippen LogP contribution < -0.4 is 10.6 Å². The maximum absolute atomic E-state index is 11.6. The lowest BCUT2D eigenvalue weighted by atomic mass is 10.2. The van der Waals surface area contributed by atoms with Gasteiger partial charge in [0.1, 0.15) is 0 Å². The number of methoxy groups -OCH3 is 1. The Labute approximate surface area is 105 Å². The average molecular weight is 252 g/mol. The van der Waals surface area contributed by atoms with Gasteiger partial charge in [-0.05, 0) is 18.6 Å².